The summed E-state index contributed by atoms with van der Waals surface area (Å²) in [5, 5.41) is 0.902. The van der Waals surface area contributed by atoms with Crippen LogP contribution in [0.2, 0.25) is 0 Å². The molecule has 0 spiro atoms. The second-order valence-electron chi connectivity index (χ2n) is 4.07. The molecule has 0 aliphatic heterocycles. The molecule has 0 fully saturated rings. The molecule has 0 radical (unpaired) electrons. The fourth-order valence-electron chi connectivity index (χ4n) is 1.74. The lowest BCUT2D eigenvalue weighted by atomic mass is 10.1. The van der Waals surface area contributed by atoms with Crippen LogP contribution in [0.3, 0.4) is 0 Å². The van der Waals surface area contributed by atoms with Crippen LogP contribution >= 0.6 is 15.9 Å². The smallest absolute Gasteiger partial charge is 0.0283 e. The van der Waals surface area contributed by atoms with E-state index in [9.17, 15) is 0 Å². The van der Waals surface area contributed by atoms with Crippen LogP contribution in [0, 0.1) is 6.92 Å². The molecule has 0 nitrogen and oxygen atoms in total. The van der Waals surface area contributed by atoms with Crippen molar-refractivity contribution in [3.05, 3.63) is 70.8 Å². The Morgan fingerprint density at radius 2 is 1.82 bits per heavy atom. The Morgan fingerprint density at radius 1 is 1.00 bits per heavy atom. The van der Waals surface area contributed by atoms with E-state index in [0.717, 1.165) is 5.33 Å². The lowest BCUT2D eigenvalue weighted by molar-refractivity contribution is 1.42. The zero-order valence-corrected chi connectivity index (χ0v) is 11.4. The maximum Gasteiger partial charge on any atom is 0.0283 e. The summed E-state index contributed by atoms with van der Waals surface area (Å²) >= 11 is 3.48. The van der Waals surface area contributed by atoms with Crippen molar-refractivity contribution < 1.29 is 0 Å². The molecule has 0 saturated heterocycles. The molecule has 0 N–H and O–H groups in total. The van der Waals surface area contributed by atoms with Crippen LogP contribution < -0.4 is 0 Å². The minimum absolute atomic E-state index is 0.902. The van der Waals surface area contributed by atoms with E-state index in [-0.39, 0.29) is 0 Å². The van der Waals surface area contributed by atoms with Gasteiger partial charge in [0.25, 0.3) is 0 Å². The van der Waals surface area contributed by atoms with E-state index in [1.54, 1.807) is 0 Å². The summed E-state index contributed by atoms with van der Waals surface area (Å²) in [5.41, 5.74) is 5.12. The van der Waals surface area contributed by atoms with E-state index < -0.39 is 0 Å². The average Bonchev–Trinajstić information content (AvgIpc) is 2.38. The van der Waals surface area contributed by atoms with E-state index in [0.29, 0.717) is 0 Å². The predicted molar refractivity (Wildman–Crippen MR) is 79.2 cm³/mol. The number of aryl methyl sites for hydroxylation is 1. The van der Waals surface area contributed by atoms with Gasteiger partial charge in [0.1, 0.15) is 0 Å². The third kappa shape index (κ3) is 3.31. The Labute approximate surface area is 111 Å². The van der Waals surface area contributed by atoms with E-state index >= 15 is 0 Å². The van der Waals surface area contributed by atoms with Gasteiger partial charge in [-0.1, -0.05) is 76.6 Å². The predicted octanol–water partition coefficient (Wildman–Crippen LogP) is 5.06. The van der Waals surface area contributed by atoms with Gasteiger partial charge in [0.2, 0.25) is 0 Å². The Bertz CT molecular complexity index is 527. The van der Waals surface area contributed by atoms with Gasteiger partial charge in [0.15, 0.2) is 0 Å². The molecule has 86 valence electrons. The lowest BCUT2D eigenvalue weighted by Crippen LogP contribution is -1.80. The largest absolute Gasteiger partial charge is 0.0876 e. The van der Waals surface area contributed by atoms with Gasteiger partial charge in [-0.25, -0.2) is 0 Å². The van der Waals surface area contributed by atoms with Crippen molar-refractivity contribution in [2.75, 3.05) is 0 Å². The average molecular weight is 287 g/mol. The fraction of sp³-hybridized carbons (Fsp3) is 0.125. The standard InChI is InChI=1S/C16H15Br/c1-13-5-2-3-8-16(13)10-9-14-6-4-7-15(11-14)12-17/h2-11H,12H2,1H3/b10-9+. The Kier molecular flexibility index (Phi) is 4.16. The molecule has 2 aromatic carbocycles. The van der Waals surface area contributed by atoms with Crippen molar-refractivity contribution in [1.82, 2.24) is 0 Å². The van der Waals surface area contributed by atoms with Crippen LogP contribution in [-0.4, -0.2) is 0 Å². The topological polar surface area (TPSA) is 0 Å². The van der Waals surface area contributed by atoms with Crippen molar-refractivity contribution in [3.63, 3.8) is 0 Å². The van der Waals surface area contributed by atoms with Gasteiger partial charge in [-0.3, -0.25) is 0 Å². The third-order valence-electron chi connectivity index (χ3n) is 2.75. The first-order valence-electron chi connectivity index (χ1n) is 5.68. The Hall–Kier alpha value is -1.34. The molecule has 0 aliphatic rings. The van der Waals surface area contributed by atoms with E-state index in [1.807, 2.05) is 0 Å². The van der Waals surface area contributed by atoms with Crippen LogP contribution in [0.1, 0.15) is 22.3 Å². The highest BCUT2D eigenvalue weighted by atomic mass is 79.9. The second kappa shape index (κ2) is 5.83. The summed E-state index contributed by atoms with van der Waals surface area (Å²) in [7, 11) is 0. The number of benzene rings is 2. The maximum atomic E-state index is 3.48. The number of rotatable bonds is 3. The Balaban J connectivity index is 2.23. The summed E-state index contributed by atoms with van der Waals surface area (Å²) in [6.07, 6.45) is 4.33. The zero-order valence-electron chi connectivity index (χ0n) is 9.86. The molecule has 0 saturated carbocycles. The minimum atomic E-state index is 0.902. The third-order valence-corrected chi connectivity index (χ3v) is 3.40. The van der Waals surface area contributed by atoms with Crippen molar-refractivity contribution >= 4 is 28.1 Å². The first-order chi connectivity index (χ1) is 8.29. The van der Waals surface area contributed by atoms with E-state index in [4.69, 9.17) is 0 Å². The van der Waals surface area contributed by atoms with Crippen LogP contribution in [-0.2, 0) is 5.33 Å². The fourth-order valence-corrected chi connectivity index (χ4v) is 2.09. The molecular weight excluding hydrogens is 272 g/mol. The molecule has 2 rings (SSSR count). The molecular formula is C16H15Br. The molecule has 0 atom stereocenters. The van der Waals surface area contributed by atoms with Gasteiger partial charge in [-0.15, -0.1) is 0 Å². The summed E-state index contributed by atoms with van der Waals surface area (Å²) in [4.78, 5) is 0. The number of alkyl halides is 1. The van der Waals surface area contributed by atoms with Gasteiger partial charge in [-0.2, -0.15) is 0 Å². The summed E-state index contributed by atoms with van der Waals surface area (Å²) in [6.45, 7) is 2.13. The number of halogens is 1. The quantitative estimate of drug-likeness (QED) is 0.546. The first kappa shape index (κ1) is 12.1. The van der Waals surface area contributed by atoms with Gasteiger partial charge >= 0.3 is 0 Å². The summed E-state index contributed by atoms with van der Waals surface area (Å²) in [6, 6.07) is 17.0. The zero-order chi connectivity index (χ0) is 12.1. The van der Waals surface area contributed by atoms with Gasteiger partial charge < -0.3 is 0 Å². The molecule has 17 heavy (non-hydrogen) atoms. The van der Waals surface area contributed by atoms with Gasteiger partial charge in [-0.05, 0) is 29.2 Å². The molecule has 1 heteroatoms. The highest BCUT2D eigenvalue weighted by Gasteiger charge is 1.93. The van der Waals surface area contributed by atoms with Crippen LogP contribution in [0.4, 0.5) is 0 Å². The molecule has 0 aliphatic carbocycles. The van der Waals surface area contributed by atoms with Gasteiger partial charge in [0, 0.05) is 5.33 Å². The van der Waals surface area contributed by atoms with Gasteiger partial charge in [0.05, 0.1) is 0 Å². The molecule has 0 unspecified atom stereocenters. The summed E-state index contributed by atoms with van der Waals surface area (Å²) < 4.78 is 0. The first-order valence-corrected chi connectivity index (χ1v) is 6.80. The lowest BCUT2D eigenvalue weighted by Gasteiger charge is -2.00. The molecule has 0 aromatic heterocycles. The SMILES string of the molecule is Cc1ccccc1/C=C/c1cccc(CBr)c1. The van der Waals surface area contributed by atoms with Crippen LogP contribution in [0.25, 0.3) is 12.2 Å². The maximum absolute atomic E-state index is 3.48. The van der Waals surface area contributed by atoms with E-state index in [1.165, 1.54) is 22.3 Å². The Morgan fingerprint density at radius 3 is 2.59 bits per heavy atom. The molecule has 0 heterocycles. The number of hydrogen-bond acceptors (Lipinski definition) is 0. The summed E-state index contributed by atoms with van der Waals surface area (Å²) in [5.74, 6) is 0. The minimum Gasteiger partial charge on any atom is -0.0876 e. The highest BCUT2D eigenvalue weighted by Crippen LogP contribution is 2.14. The van der Waals surface area contributed by atoms with Crippen molar-refractivity contribution in [2.45, 2.75) is 12.3 Å². The second-order valence-corrected chi connectivity index (χ2v) is 4.63. The number of hydrogen-bond donors (Lipinski definition) is 0. The van der Waals surface area contributed by atoms with Crippen LogP contribution in [0.15, 0.2) is 48.5 Å². The molecule has 0 amide bonds. The monoisotopic (exact) mass is 286 g/mol. The van der Waals surface area contributed by atoms with Crippen molar-refractivity contribution in [3.8, 4) is 0 Å². The van der Waals surface area contributed by atoms with Crippen LogP contribution in [0.5, 0.6) is 0 Å². The molecule has 2 aromatic rings. The van der Waals surface area contributed by atoms with E-state index in [2.05, 4.69) is 83.5 Å². The molecule has 0 bridgehead atoms. The van der Waals surface area contributed by atoms with Crippen molar-refractivity contribution in [2.24, 2.45) is 0 Å². The highest BCUT2D eigenvalue weighted by molar-refractivity contribution is 9.08. The normalized spacial score (nSPS) is 10.9. The van der Waals surface area contributed by atoms with Crippen molar-refractivity contribution in [1.29, 1.82) is 0 Å².